The number of fused-ring (bicyclic) bond motifs is 2. The zero-order chi connectivity index (χ0) is 20.0. The fraction of sp³-hybridized carbons (Fsp3) is 0.211. The maximum Gasteiger partial charge on any atom is 0.267 e. The van der Waals surface area contributed by atoms with Crippen LogP contribution in [0.4, 0.5) is 5.00 Å². The first-order chi connectivity index (χ1) is 13.4. The van der Waals surface area contributed by atoms with Crippen molar-refractivity contribution >= 4 is 67.1 Å². The minimum absolute atomic E-state index is 0.0256. The zero-order valence-electron chi connectivity index (χ0n) is 14.9. The largest absolute Gasteiger partial charge is 0.365 e. The Hall–Kier alpha value is -2.42. The lowest BCUT2D eigenvalue weighted by molar-refractivity contribution is -0.129. The topological polar surface area (TPSA) is 92.5 Å². The molecule has 1 aromatic carbocycles. The quantitative estimate of drug-likeness (QED) is 0.656. The maximum absolute atomic E-state index is 12.9. The summed E-state index contributed by atoms with van der Waals surface area (Å²) < 4.78 is 0.912. The second kappa shape index (κ2) is 7.20. The van der Waals surface area contributed by atoms with Crippen molar-refractivity contribution in [2.24, 2.45) is 5.73 Å². The molecule has 3 amide bonds. The van der Waals surface area contributed by atoms with Gasteiger partial charge < -0.3 is 16.0 Å². The molecule has 1 aliphatic heterocycles. The highest BCUT2D eigenvalue weighted by Crippen LogP contribution is 2.39. The van der Waals surface area contributed by atoms with Gasteiger partial charge in [0.05, 0.1) is 17.1 Å². The first kappa shape index (κ1) is 18.9. The van der Waals surface area contributed by atoms with Crippen molar-refractivity contribution in [3.8, 4) is 0 Å². The summed E-state index contributed by atoms with van der Waals surface area (Å²) in [6.07, 6.45) is 0.531. The second-order valence-corrected chi connectivity index (χ2v) is 8.99. The molecule has 3 N–H and O–H groups in total. The Labute approximate surface area is 173 Å². The van der Waals surface area contributed by atoms with Gasteiger partial charge in [-0.2, -0.15) is 0 Å². The molecule has 6 nitrogen and oxygen atoms in total. The van der Waals surface area contributed by atoms with Crippen LogP contribution in [0, 0.1) is 0 Å². The predicted octanol–water partition coefficient (Wildman–Crippen LogP) is 3.87. The first-order valence-electron chi connectivity index (χ1n) is 8.55. The first-order valence-corrected chi connectivity index (χ1v) is 10.6. The second-order valence-electron chi connectivity index (χ2n) is 6.46. The number of carbonyl (C=O) groups excluding carboxylic acids is 3. The van der Waals surface area contributed by atoms with E-state index in [4.69, 9.17) is 17.3 Å². The third-order valence-electron chi connectivity index (χ3n) is 4.72. The van der Waals surface area contributed by atoms with Crippen molar-refractivity contribution in [2.45, 2.75) is 19.9 Å². The molecule has 0 fully saturated rings. The van der Waals surface area contributed by atoms with Gasteiger partial charge in [-0.05, 0) is 18.1 Å². The Balaban J connectivity index is 1.69. The maximum atomic E-state index is 12.9. The third-order valence-corrected chi connectivity index (χ3v) is 7.52. The van der Waals surface area contributed by atoms with E-state index in [1.54, 1.807) is 4.90 Å². The van der Waals surface area contributed by atoms with E-state index < -0.39 is 5.91 Å². The summed E-state index contributed by atoms with van der Waals surface area (Å²) in [4.78, 5) is 39.6. The molecule has 0 radical (unpaired) electrons. The van der Waals surface area contributed by atoms with Crippen LogP contribution in [-0.4, -0.2) is 29.2 Å². The van der Waals surface area contributed by atoms with E-state index in [-0.39, 0.29) is 11.8 Å². The monoisotopic (exact) mass is 433 g/mol. The molecule has 2 aromatic heterocycles. The summed E-state index contributed by atoms with van der Waals surface area (Å²) in [6, 6.07) is 7.51. The summed E-state index contributed by atoms with van der Waals surface area (Å²) >= 11 is 8.97. The molecular weight excluding hydrogens is 418 g/mol. The van der Waals surface area contributed by atoms with Gasteiger partial charge in [0.15, 0.2) is 0 Å². The molecule has 0 aliphatic carbocycles. The molecule has 0 saturated carbocycles. The van der Waals surface area contributed by atoms with Crippen LogP contribution in [0.25, 0.3) is 10.1 Å². The van der Waals surface area contributed by atoms with Crippen LogP contribution in [-0.2, 0) is 17.8 Å². The zero-order valence-corrected chi connectivity index (χ0v) is 17.3. The normalized spacial score (nSPS) is 13.4. The minimum Gasteiger partial charge on any atom is -0.365 e. The van der Waals surface area contributed by atoms with Crippen LogP contribution in [0.2, 0.25) is 5.02 Å². The van der Waals surface area contributed by atoms with E-state index in [9.17, 15) is 14.4 Å². The van der Waals surface area contributed by atoms with E-state index in [1.165, 1.54) is 29.6 Å². The van der Waals surface area contributed by atoms with Crippen LogP contribution >= 0.6 is 34.3 Å². The van der Waals surface area contributed by atoms with Gasteiger partial charge in [0.2, 0.25) is 5.91 Å². The molecule has 1 aliphatic rings. The molecule has 9 heteroatoms. The number of thiophene rings is 2. The van der Waals surface area contributed by atoms with Crippen molar-refractivity contribution < 1.29 is 14.4 Å². The molecule has 0 saturated heterocycles. The lowest BCUT2D eigenvalue weighted by atomic mass is 10.0. The van der Waals surface area contributed by atoms with Gasteiger partial charge in [0.1, 0.15) is 9.88 Å². The average Bonchev–Trinajstić information content (AvgIpc) is 3.18. The van der Waals surface area contributed by atoms with Gasteiger partial charge in [-0.3, -0.25) is 14.4 Å². The van der Waals surface area contributed by atoms with Crippen LogP contribution in [0.3, 0.4) is 0 Å². The molecule has 0 atom stereocenters. The van der Waals surface area contributed by atoms with Crippen LogP contribution in [0.5, 0.6) is 0 Å². The predicted molar refractivity (Wildman–Crippen MR) is 112 cm³/mol. The van der Waals surface area contributed by atoms with Crippen molar-refractivity contribution in [3.05, 3.63) is 50.2 Å². The molecule has 0 unspecified atom stereocenters. The Bertz CT molecular complexity index is 1140. The summed E-state index contributed by atoms with van der Waals surface area (Å²) in [5.41, 5.74) is 6.74. The molecule has 4 rings (SSSR count). The number of benzene rings is 1. The van der Waals surface area contributed by atoms with Crippen molar-refractivity contribution in [1.29, 1.82) is 0 Å². The van der Waals surface area contributed by atoms with E-state index >= 15 is 0 Å². The van der Waals surface area contributed by atoms with Gasteiger partial charge in [0.25, 0.3) is 11.8 Å². The van der Waals surface area contributed by atoms with E-state index in [2.05, 4.69) is 5.32 Å². The summed E-state index contributed by atoms with van der Waals surface area (Å²) in [6.45, 7) is 2.45. The molecule has 0 bridgehead atoms. The number of halogens is 1. The Kier molecular flexibility index (Phi) is 4.86. The van der Waals surface area contributed by atoms with Gasteiger partial charge in [0, 0.05) is 28.4 Å². The molecule has 28 heavy (non-hydrogen) atoms. The average molecular weight is 434 g/mol. The lowest BCUT2D eigenvalue weighted by Crippen LogP contribution is -2.34. The number of rotatable bonds is 3. The minimum atomic E-state index is -0.591. The molecular formula is C19H16ClN3O3S2. The standard InChI is InChI=1S/C19H16ClN3O3S2/c1-9(24)23-7-6-10-13(8-23)28-19(14(10)17(21)25)22-18(26)16-15(20)11-4-2-3-5-12(11)27-16/h2-5H,6-8H2,1H3,(H2,21,25)(H,22,26). The number of amides is 3. The summed E-state index contributed by atoms with van der Waals surface area (Å²) in [5, 5.41) is 4.42. The fourth-order valence-corrected chi connectivity index (χ4v) is 6.02. The number of primary amides is 1. The van der Waals surface area contributed by atoms with E-state index in [0.29, 0.717) is 40.0 Å². The van der Waals surface area contributed by atoms with Gasteiger partial charge in [-0.25, -0.2) is 0 Å². The summed E-state index contributed by atoms with van der Waals surface area (Å²) in [7, 11) is 0. The number of nitrogens with zero attached hydrogens (tertiary/aromatic N) is 1. The summed E-state index contributed by atoms with van der Waals surface area (Å²) in [5.74, 6) is -0.996. The van der Waals surface area contributed by atoms with Gasteiger partial charge >= 0.3 is 0 Å². The number of hydrogen-bond donors (Lipinski definition) is 2. The van der Waals surface area contributed by atoms with Crippen LogP contribution < -0.4 is 11.1 Å². The van der Waals surface area contributed by atoms with E-state index in [1.807, 2.05) is 24.3 Å². The molecule has 144 valence electrons. The highest BCUT2D eigenvalue weighted by atomic mass is 35.5. The van der Waals surface area contributed by atoms with Gasteiger partial charge in [-0.1, -0.05) is 29.8 Å². The van der Waals surface area contributed by atoms with Crippen molar-refractivity contribution in [1.82, 2.24) is 4.90 Å². The molecule has 3 aromatic rings. The Morgan fingerprint density at radius 1 is 1.21 bits per heavy atom. The van der Waals surface area contributed by atoms with Crippen molar-refractivity contribution in [2.75, 3.05) is 11.9 Å². The fourth-order valence-electron chi connectivity index (χ4n) is 3.34. The number of hydrogen-bond acceptors (Lipinski definition) is 5. The third kappa shape index (κ3) is 3.17. The number of anilines is 1. The molecule has 3 heterocycles. The number of carbonyl (C=O) groups is 3. The van der Waals surface area contributed by atoms with Crippen molar-refractivity contribution in [3.63, 3.8) is 0 Å². The highest BCUT2D eigenvalue weighted by molar-refractivity contribution is 7.22. The lowest BCUT2D eigenvalue weighted by Gasteiger charge is -2.25. The number of nitrogens with two attached hydrogens (primary N) is 1. The number of nitrogens with one attached hydrogen (secondary N) is 1. The Morgan fingerprint density at radius 3 is 2.64 bits per heavy atom. The SMILES string of the molecule is CC(=O)N1CCc2c(sc(NC(=O)c3sc4ccccc4c3Cl)c2C(N)=O)C1. The van der Waals surface area contributed by atoms with Crippen LogP contribution in [0.15, 0.2) is 24.3 Å². The smallest absolute Gasteiger partial charge is 0.267 e. The molecule has 0 spiro atoms. The van der Waals surface area contributed by atoms with Gasteiger partial charge in [-0.15, -0.1) is 22.7 Å². The highest BCUT2D eigenvalue weighted by Gasteiger charge is 2.29. The van der Waals surface area contributed by atoms with E-state index in [0.717, 1.165) is 20.5 Å². The van der Waals surface area contributed by atoms with Crippen LogP contribution in [0.1, 0.15) is 37.4 Å². The Morgan fingerprint density at radius 2 is 1.96 bits per heavy atom.